The molecule has 2 heterocycles. The lowest BCUT2D eigenvalue weighted by Gasteiger charge is -2.18. The Hall–Kier alpha value is -3.68. The van der Waals surface area contributed by atoms with E-state index in [2.05, 4.69) is 33.1 Å². The standard InChI is InChI=1S/C23H24N4O4/c1-5-19(24-30-14(2)28)15-9-10-21-18(13-15)16-7-6-8-17-20(11-12-27(21)22(16)17)25-31-23(29)26(3)4/h6-10,13H,5,11-12H2,1-4H3/b24-19+,25-20+. The summed E-state index contributed by atoms with van der Waals surface area (Å²) in [6.07, 6.45) is 0.790. The second-order valence-corrected chi connectivity index (χ2v) is 7.60. The maximum atomic E-state index is 11.8. The van der Waals surface area contributed by atoms with Crippen molar-refractivity contribution in [3.63, 3.8) is 0 Å². The topological polar surface area (TPSA) is 85.5 Å². The van der Waals surface area contributed by atoms with Crippen LogP contribution >= 0.6 is 0 Å². The number of rotatable bonds is 4. The molecule has 31 heavy (non-hydrogen) atoms. The van der Waals surface area contributed by atoms with Gasteiger partial charge >= 0.3 is 12.1 Å². The number of benzene rings is 2. The second-order valence-electron chi connectivity index (χ2n) is 7.60. The minimum atomic E-state index is -0.505. The normalized spacial score (nSPS) is 14.8. The fourth-order valence-electron chi connectivity index (χ4n) is 3.87. The minimum Gasteiger partial charge on any atom is -0.340 e. The lowest BCUT2D eigenvalue weighted by atomic mass is 10.0. The smallest absolute Gasteiger partial charge is 0.340 e. The van der Waals surface area contributed by atoms with Crippen molar-refractivity contribution in [3.8, 4) is 0 Å². The summed E-state index contributed by atoms with van der Waals surface area (Å²) >= 11 is 0. The van der Waals surface area contributed by atoms with Gasteiger partial charge in [-0.05, 0) is 18.6 Å². The summed E-state index contributed by atoms with van der Waals surface area (Å²) in [6, 6.07) is 12.2. The van der Waals surface area contributed by atoms with E-state index < -0.39 is 12.1 Å². The number of hydrogen-bond donors (Lipinski definition) is 0. The molecule has 0 atom stereocenters. The lowest BCUT2D eigenvalue weighted by Crippen LogP contribution is -2.22. The minimum absolute atomic E-state index is 0.444. The zero-order valence-electron chi connectivity index (χ0n) is 18.0. The van der Waals surface area contributed by atoms with Crippen molar-refractivity contribution in [2.24, 2.45) is 10.3 Å². The molecule has 0 radical (unpaired) electrons. The van der Waals surface area contributed by atoms with Crippen LogP contribution in [0.5, 0.6) is 0 Å². The van der Waals surface area contributed by atoms with Gasteiger partial charge < -0.3 is 14.3 Å². The predicted octanol–water partition coefficient (Wildman–Crippen LogP) is 4.28. The van der Waals surface area contributed by atoms with E-state index in [1.54, 1.807) is 14.1 Å². The Balaban J connectivity index is 1.83. The second kappa shape index (κ2) is 8.22. The molecule has 4 rings (SSSR count). The molecule has 3 aromatic rings. The zero-order valence-corrected chi connectivity index (χ0v) is 18.0. The summed E-state index contributed by atoms with van der Waals surface area (Å²) < 4.78 is 2.27. The molecule has 1 amide bonds. The first-order valence-corrected chi connectivity index (χ1v) is 10.2. The van der Waals surface area contributed by atoms with Crippen LogP contribution in [-0.4, -0.2) is 47.0 Å². The SMILES string of the molecule is CC/C(=N\OC(C)=O)c1ccc2c(c1)c1cccc3c1n2CC/C3=N\OC(=O)N(C)C. The van der Waals surface area contributed by atoms with Crippen molar-refractivity contribution in [2.75, 3.05) is 14.1 Å². The van der Waals surface area contributed by atoms with Crippen LogP contribution in [0.1, 0.15) is 37.8 Å². The van der Waals surface area contributed by atoms with Gasteiger partial charge in [0.25, 0.3) is 0 Å². The van der Waals surface area contributed by atoms with Crippen LogP contribution in [-0.2, 0) is 21.0 Å². The fraction of sp³-hybridized carbons (Fsp3) is 0.304. The molecule has 0 bridgehead atoms. The van der Waals surface area contributed by atoms with Crippen LogP contribution in [0.15, 0.2) is 46.7 Å². The van der Waals surface area contributed by atoms with Gasteiger partial charge in [0.05, 0.1) is 16.9 Å². The summed E-state index contributed by atoms with van der Waals surface area (Å²) in [5, 5.41) is 10.3. The van der Waals surface area contributed by atoms with Gasteiger partial charge in [0.15, 0.2) is 0 Å². The quantitative estimate of drug-likeness (QED) is 0.358. The molecule has 0 saturated carbocycles. The molecule has 2 aromatic carbocycles. The van der Waals surface area contributed by atoms with Crippen molar-refractivity contribution >= 4 is 45.3 Å². The number of para-hydroxylation sites is 1. The maximum absolute atomic E-state index is 11.8. The van der Waals surface area contributed by atoms with E-state index in [4.69, 9.17) is 9.68 Å². The monoisotopic (exact) mass is 420 g/mol. The molecule has 0 saturated heterocycles. The summed E-state index contributed by atoms with van der Waals surface area (Å²) in [7, 11) is 3.24. The number of carbonyl (C=O) groups is 2. The van der Waals surface area contributed by atoms with E-state index in [1.165, 1.54) is 11.8 Å². The Morgan fingerprint density at radius 2 is 1.94 bits per heavy atom. The Morgan fingerprint density at radius 3 is 2.65 bits per heavy atom. The summed E-state index contributed by atoms with van der Waals surface area (Å²) in [4.78, 5) is 34.2. The van der Waals surface area contributed by atoms with Crippen LogP contribution in [0.3, 0.4) is 0 Å². The van der Waals surface area contributed by atoms with Crippen LogP contribution in [0.2, 0.25) is 0 Å². The summed E-state index contributed by atoms with van der Waals surface area (Å²) in [5.74, 6) is -0.444. The van der Waals surface area contributed by atoms with Gasteiger partial charge in [-0.2, -0.15) is 0 Å². The van der Waals surface area contributed by atoms with Gasteiger partial charge in [-0.25, -0.2) is 9.59 Å². The molecule has 0 N–H and O–H groups in total. The average molecular weight is 420 g/mol. The van der Waals surface area contributed by atoms with Gasteiger partial charge in [0.1, 0.15) is 0 Å². The van der Waals surface area contributed by atoms with E-state index in [9.17, 15) is 9.59 Å². The van der Waals surface area contributed by atoms with Crippen molar-refractivity contribution in [1.29, 1.82) is 0 Å². The molecule has 0 fully saturated rings. The van der Waals surface area contributed by atoms with Gasteiger partial charge in [0, 0.05) is 61.4 Å². The van der Waals surface area contributed by atoms with Gasteiger partial charge in [-0.15, -0.1) is 0 Å². The molecular formula is C23H24N4O4. The highest BCUT2D eigenvalue weighted by Crippen LogP contribution is 2.35. The molecular weight excluding hydrogens is 396 g/mol. The molecule has 0 aliphatic carbocycles. The Morgan fingerprint density at radius 1 is 1.13 bits per heavy atom. The van der Waals surface area contributed by atoms with Crippen LogP contribution < -0.4 is 0 Å². The number of fused-ring (bicyclic) bond motifs is 3. The number of aryl methyl sites for hydroxylation is 1. The number of carbonyl (C=O) groups excluding carboxylic acids is 2. The molecule has 8 nitrogen and oxygen atoms in total. The number of amides is 1. The van der Waals surface area contributed by atoms with Crippen molar-refractivity contribution in [2.45, 2.75) is 33.2 Å². The van der Waals surface area contributed by atoms with E-state index >= 15 is 0 Å². The molecule has 1 aliphatic heterocycles. The number of hydrogen-bond acceptors (Lipinski definition) is 6. The molecule has 8 heteroatoms. The van der Waals surface area contributed by atoms with Gasteiger partial charge in [-0.1, -0.05) is 41.5 Å². The number of aromatic nitrogens is 1. The molecule has 0 unspecified atom stereocenters. The fourth-order valence-corrected chi connectivity index (χ4v) is 3.87. The third-order valence-corrected chi connectivity index (χ3v) is 5.32. The highest BCUT2D eigenvalue weighted by atomic mass is 16.7. The lowest BCUT2D eigenvalue weighted by molar-refractivity contribution is -0.140. The Bertz CT molecular complexity index is 1250. The van der Waals surface area contributed by atoms with Crippen molar-refractivity contribution in [1.82, 2.24) is 9.47 Å². The third kappa shape index (κ3) is 3.76. The van der Waals surface area contributed by atoms with Gasteiger partial charge in [-0.3, -0.25) is 4.84 Å². The molecule has 0 spiro atoms. The van der Waals surface area contributed by atoms with Crippen LogP contribution in [0, 0.1) is 0 Å². The molecule has 1 aliphatic rings. The maximum Gasteiger partial charge on any atom is 0.435 e. The van der Waals surface area contributed by atoms with E-state index in [0.717, 1.165) is 45.2 Å². The van der Waals surface area contributed by atoms with Crippen LogP contribution in [0.25, 0.3) is 21.8 Å². The summed E-state index contributed by atoms with van der Waals surface area (Å²) in [6.45, 7) is 4.04. The predicted molar refractivity (Wildman–Crippen MR) is 119 cm³/mol. The molecule has 1 aromatic heterocycles. The Kier molecular flexibility index (Phi) is 5.46. The average Bonchev–Trinajstić information content (AvgIpc) is 3.08. The van der Waals surface area contributed by atoms with E-state index in [-0.39, 0.29) is 0 Å². The highest BCUT2D eigenvalue weighted by molar-refractivity contribution is 6.19. The Labute approximate surface area is 179 Å². The first kappa shape index (κ1) is 20.6. The van der Waals surface area contributed by atoms with Crippen molar-refractivity contribution < 1.29 is 19.3 Å². The largest absolute Gasteiger partial charge is 0.435 e. The van der Waals surface area contributed by atoms with Gasteiger partial charge in [0.2, 0.25) is 0 Å². The summed E-state index contributed by atoms with van der Waals surface area (Å²) in [5.41, 5.74) is 5.50. The van der Waals surface area contributed by atoms with Crippen molar-refractivity contribution in [3.05, 3.63) is 47.5 Å². The number of oxime groups is 2. The van der Waals surface area contributed by atoms with Crippen LogP contribution in [0.4, 0.5) is 4.79 Å². The first-order valence-electron chi connectivity index (χ1n) is 10.2. The number of nitrogens with zero attached hydrogens (tertiary/aromatic N) is 4. The molecule has 160 valence electrons. The first-order chi connectivity index (χ1) is 14.9. The highest BCUT2D eigenvalue weighted by Gasteiger charge is 2.23. The zero-order chi connectivity index (χ0) is 22.1. The third-order valence-electron chi connectivity index (χ3n) is 5.32. The van der Waals surface area contributed by atoms with E-state index in [1.807, 2.05) is 25.1 Å². The van der Waals surface area contributed by atoms with E-state index in [0.29, 0.717) is 18.6 Å².